The smallest absolute Gasteiger partial charge is 0.216 e. The second-order valence-electron chi connectivity index (χ2n) is 2.59. The molecular formula is C7H16N2O. The van der Waals surface area contributed by atoms with Gasteiger partial charge >= 0.3 is 0 Å². The predicted octanol–water partition coefficient (Wildman–Crippen LogP) is 0.120. The molecule has 10 heavy (non-hydrogen) atoms. The van der Waals surface area contributed by atoms with Crippen LogP contribution < -0.4 is 10.6 Å². The van der Waals surface area contributed by atoms with Gasteiger partial charge in [-0.2, -0.15) is 0 Å². The van der Waals surface area contributed by atoms with E-state index in [0.29, 0.717) is 12.6 Å². The zero-order valence-corrected chi connectivity index (χ0v) is 6.90. The van der Waals surface area contributed by atoms with Crippen molar-refractivity contribution in [2.75, 3.05) is 13.1 Å². The molecule has 0 aliphatic carbocycles. The molecule has 3 nitrogen and oxygen atoms in total. The van der Waals surface area contributed by atoms with Crippen molar-refractivity contribution in [2.24, 2.45) is 0 Å². The summed E-state index contributed by atoms with van der Waals surface area (Å²) in [5, 5.41) is 5.89. The summed E-state index contributed by atoms with van der Waals surface area (Å²) >= 11 is 0. The zero-order valence-electron chi connectivity index (χ0n) is 6.90. The molecule has 0 aromatic heterocycles. The van der Waals surface area contributed by atoms with E-state index in [1.807, 2.05) is 0 Å². The Kier molecular flexibility index (Phi) is 4.94. The Morgan fingerprint density at radius 2 is 2.00 bits per heavy atom. The first-order valence-corrected chi connectivity index (χ1v) is 3.60. The van der Waals surface area contributed by atoms with E-state index < -0.39 is 0 Å². The van der Waals surface area contributed by atoms with E-state index in [4.69, 9.17) is 0 Å². The molecule has 0 radical (unpaired) electrons. The maximum atomic E-state index is 10.3. The Morgan fingerprint density at radius 1 is 1.40 bits per heavy atom. The van der Waals surface area contributed by atoms with Crippen LogP contribution in [0.1, 0.15) is 20.8 Å². The van der Waals surface area contributed by atoms with Gasteiger partial charge < -0.3 is 10.6 Å². The monoisotopic (exact) mass is 144 g/mol. The molecule has 0 aliphatic heterocycles. The lowest BCUT2D eigenvalue weighted by atomic mass is 10.4. The summed E-state index contributed by atoms with van der Waals surface area (Å²) in [6.45, 7) is 7.24. The third-order valence-corrected chi connectivity index (χ3v) is 1.05. The molecule has 0 saturated heterocycles. The highest BCUT2D eigenvalue weighted by Crippen LogP contribution is 1.72. The van der Waals surface area contributed by atoms with Crippen LogP contribution in [0.5, 0.6) is 0 Å². The first-order valence-electron chi connectivity index (χ1n) is 3.60. The van der Waals surface area contributed by atoms with Crippen molar-refractivity contribution in [2.45, 2.75) is 26.8 Å². The van der Waals surface area contributed by atoms with Gasteiger partial charge in [-0.05, 0) is 0 Å². The van der Waals surface area contributed by atoms with E-state index in [-0.39, 0.29) is 5.91 Å². The minimum Gasteiger partial charge on any atom is -0.355 e. The minimum atomic E-state index is 0.0329. The van der Waals surface area contributed by atoms with Crippen molar-refractivity contribution in [1.82, 2.24) is 10.6 Å². The van der Waals surface area contributed by atoms with Crippen LogP contribution in [0.4, 0.5) is 0 Å². The highest BCUT2D eigenvalue weighted by Gasteiger charge is 1.91. The van der Waals surface area contributed by atoms with Crippen LogP contribution in [0.25, 0.3) is 0 Å². The van der Waals surface area contributed by atoms with Gasteiger partial charge in [0.25, 0.3) is 0 Å². The van der Waals surface area contributed by atoms with E-state index in [1.165, 1.54) is 6.92 Å². The molecular weight excluding hydrogens is 128 g/mol. The molecule has 0 aliphatic rings. The molecule has 60 valence electrons. The number of carbonyl (C=O) groups excluding carboxylic acids is 1. The number of hydrogen-bond acceptors (Lipinski definition) is 2. The van der Waals surface area contributed by atoms with Crippen LogP contribution in [-0.2, 0) is 4.79 Å². The summed E-state index contributed by atoms with van der Waals surface area (Å²) in [5.74, 6) is 0.0329. The van der Waals surface area contributed by atoms with Crippen LogP contribution in [0, 0.1) is 0 Å². The Morgan fingerprint density at radius 3 is 2.40 bits per heavy atom. The van der Waals surface area contributed by atoms with Crippen molar-refractivity contribution in [1.29, 1.82) is 0 Å². The fourth-order valence-corrected chi connectivity index (χ4v) is 0.599. The number of amides is 1. The summed E-state index contributed by atoms with van der Waals surface area (Å²) in [4.78, 5) is 10.3. The Labute approximate surface area is 62.2 Å². The lowest BCUT2D eigenvalue weighted by molar-refractivity contribution is -0.118. The maximum absolute atomic E-state index is 10.3. The average Bonchev–Trinajstić information content (AvgIpc) is 1.79. The van der Waals surface area contributed by atoms with Crippen LogP contribution in [0.2, 0.25) is 0 Å². The first kappa shape index (κ1) is 9.43. The van der Waals surface area contributed by atoms with E-state index in [0.717, 1.165) is 6.54 Å². The average molecular weight is 144 g/mol. The molecule has 0 atom stereocenters. The first-order chi connectivity index (χ1) is 4.63. The third kappa shape index (κ3) is 7.43. The lowest BCUT2D eigenvalue weighted by Crippen LogP contribution is -2.33. The van der Waals surface area contributed by atoms with Crippen molar-refractivity contribution in [3.05, 3.63) is 0 Å². The fraction of sp³-hybridized carbons (Fsp3) is 0.857. The molecule has 2 N–H and O–H groups in total. The normalized spacial score (nSPS) is 10.0. The van der Waals surface area contributed by atoms with Crippen molar-refractivity contribution < 1.29 is 4.79 Å². The maximum Gasteiger partial charge on any atom is 0.216 e. The summed E-state index contributed by atoms with van der Waals surface area (Å²) in [6.07, 6.45) is 0. The Bertz CT molecular complexity index is 102. The van der Waals surface area contributed by atoms with E-state index in [1.54, 1.807) is 0 Å². The largest absolute Gasteiger partial charge is 0.355 e. The standard InChI is InChI=1S/C7H16N2O/c1-6(2)8-4-5-9-7(3)10/h6,8H,4-5H2,1-3H3,(H,9,10). The second-order valence-corrected chi connectivity index (χ2v) is 2.59. The molecule has 0 aromatic rings. The van der Waals surface area contributed by atoms with Gasteiger partial charge in [-0.1, -0.05) is 13.8 Å². The number of hydrogen-bond donors (Lipinski definition) is 2. The van der Waals surface area contributed by atoms with Crippen LogP contribution >= 0.6 is 0 Å². The molecule has 0 unspecified atom stereocenters. The molecule has 3 heteroatoms. The van der Waals surface area contributed by atoms with Crippen molar-refractivity contribution in [3.8, 4) is 0 Å². The van der Waals surface area contributed by atoms with Crippen molar-refractivity contribution >= 4 is 5.91 Å². The van der Waals surface area contributed by atoms with Crippen LogP contribution in [-0.4, -0.2) is 25.0 Å². The van der Waals surface area contributed by atoms with E-state index >= 15 is 0 Å². The zero-order chi connectivity index (χ0) is 7.98. The second kappa shape index (κ2) is 5.23. The quantitative estimate of drug-likeness (QED) is 0.550. The molecule has 0 rings (SSSR count). The number of nitrogens with one attached hydrogen (secondary N) is 2. The highest BCUT2D eigenvalue weighted by molar-refractivity contribution is 5.72. The van der Waals surface area contributed by atoms with E-state index in [9.17, 15) is 4.79 Å². The van der Waals surface area contributed by atoms with Crippen molar-refractivity contribution in [3.63, 3.8) is 0 Å². The number of carbonyl (C=O) groups is 1. The minimum absolute atomic E-state index is 0.0329. The molecule has 0 fully saturated rings. The molecule has 0 heterocycles. The van der Waals surface area contributed by atoms with Gasteiger partial charge in [-0.25, -0.2) is 0 Å². The SMILES string of the molecule is CC(=O)NCCNC(C)C. The fourth-order valence-electron chi connectivity index (χ4n) is 0.599. The number of rotatable bonds is 4. The van der Waals surface area contributed by atoms with Gasteiger partial charge in [0, 0.05) is 26.1 Å². The predicted molar refractivity (Wildman–Crippen MR) is 41.8 cm³/mol. The van der Waals surface area contributed by atoms with Gasteiger partial charge in [-0.15, -0.1) is 0 Å². The third-order valence-electron chi connectivity index (χ3n) is 1.05. The molecule has 0 bridgehead atoms. The van der Waals surface area contributed by atoms with Crippen LogP contribution in [0.15, 0.2) is 0 Å². The summed E-state index contributed by atoms with van der Waals surface area (Å²) in [7, 11) is 0. The molecule has 0 saturated carbocycles. The van der Waals surface area contributed by atoms with Gasteiger partial charge in [0.2, 0.25) is 5.91 Å². The van der Waals surface area contributed by atoms with Gasteiger partial charge in [-0.3, -0.25) is 4.79 Å². The van der Waals surface area contributed by atoms with Gasteiger partial charge in [0.1, 0.15) is 0 Å². The highest BCUT2D eigenvalue weighted by atomic mass is 16.1. The lowest BCUT2D eigenvalue weighted by Gasteiger charge is -2.07. The molecule has 0 aromatic carbocycles. The van der Waals surface area contributed by atoms with Crippen LogP contribution in [0.3, 0.4) is 0 Å². The molecule has 1 amide bonds. The summed E-state index contributed by atoms with van der Waals surface area (Å²) < 4.78 is 0. The Hall–Kier alpha value is -0.570. The van der Waals surface area contributed by atoms with Gasteiger partial charge in [0.05, 0.1) is 0 Å². The molecule has 0 spiro atoms. The van der Waals surface area contributed by atoms with Gasteiger partial charge in [0.15, 0.2) is 0 Å². The topological polar surface area (TPSA) is 41.1 Å². The summed E-state index contributed by atoms with van der Waals surface area (Å²) in [5.41, 5.74) is 0. The Balaban J connectivity index is 2.98. The summed E-state index contributed by atoms with van der Waals surface area (Å²) in [6, 6.07) is 0.494. The van der Waals surface area contributed by atoms with E-state index in [2.05, 4.69) is 24.5 Å².